The summed E-state index contributed by atoms with van der Waals surface area (Å²) >= 11 is 1.49. The van der Waals surface area contributed by atoms with Gasteiger partial charge in [-0.15, -0.1) is 0 Å². The van der Waals surface area contributed by atoms with Crippen LogP contribution >= 0.6 is 11.8 Å². The van der Waals surface area contributed by atoms with Crippen molar-refractivity contribution >= 4 is 29.7 Å². The van der Waals surface area contributed by atoms with Crippen LogP contribution in [0.15, 0.2) is 54.6 Å². The van der Waals surface area contributed by atoms with Gasteiger partial charge in [0.25, 0.3) is 0 Å². The Morgan fingerprint density at radius 2 is 1.84 bits per heavy atom. The third-order valence-corrected chi connectivity index (χ3v) is 5.82. The van der Waals surface area contributed by atoms with E-state index in [0.717, 1.165) is 10.5 Å². The monoisotopic (exact) mass is 526 g/mol. The molecule has 0 saturated carbocycles. The van der Waals surface area contributed by atoms with E-state index in [1.165, 1.54) is 23.9 Å². The number of nitrogens with zero attached hydrogens (tertiary/aromatic N) is 2. The van der Waals surface area contributed by atoms with Crippen molar-refractivity contribution in [1.82, 2.24) is 15.5 Å². The number of nitriles is 1. The van der Waals surface area contributed by atoms with E-state index in [1.54, 1.807) is 32.9 Å². The number of hydrogen-bond donors (Lipinski definition) is 3. The zero-order chi connectivity index (χ0) is 27.4. The highest BCUT2D eigenvalue weighted by Gasteiger charge is 2.36. The molecular weight excluding hydrogens is 492 g/mol. The maximum atomic E-state index is 13.8. The van der Waals surface area contributed by atoms with E-state index in [0.29, 0.717) is 11.3 Å². The number of thioether (sulfide) groups is 1. The van der Waals surface area contributed by atoms with Crippen LogP contribution in [0, 0.1) is 11.3 Å². The number of phenolic OH excluding ortho intramolecular Hbond substituents is 1. The van der Waals surface area contributed by atoms with E-state index < -0.39 is 42.1 Å². The second-order valence-electron chi connectivity index (χ2n) is 9.31. The van der Waals surface area contributed by atoms with Gasteiger partial charge in [-0.3, -0.25) is 9.59 Å². The summed E-state index contributed by atoms with van der Waals surface area (Å²) in [4.78, 5) is 40.9. The van der Waals surface area contributed by atoms with Gasteiger partial charge in [-0.05, 0) is 62.5 Å². The molecule has 2 unspecified atom stereocenters. The largest absolute Gasteiger partial charge is 0.508 e. The molecule has 0 aromatic heterocycles. The van der Waals surface area contributed by atoms with Crippen LogP contribution in [0.3, 0.4) is 0 Å². The molecule has 2 atom stereocenters. The molecule has 0 aliphatic heterocycles. The number of rotatable bonds is 11. The number of hydrogen-bond acceptors (Lipinski definition) is 7. The molecule has 0 saturated heterocycles. The summed E-state index contributed by atoms with van der Waals surface area (Å²) in [6.45, 7) is 4.92. The first-order chi connectivity index (χ1) is 17.6. The first kappa shape index (κ1) is 29.5. The van der Waals surface area contributed by atoms with E-state index in [9.17, 15) is 24.8 Å². The third-order valence-electron chi connectivity index (χ3n) is 5.18. The van der Waals surface area contributed by atoms with Crippen LogP contribution in [0.25, 0.3) is 0 Å². The van der Waals surface area contributed by atoms with Gasteiger partial charge in [-0.1, -0.05) is 42.5 Å². The van der Waals surface area contributed by atoms with Crippen LogP contribution in [-0.2, 0) is 20.9 Å². The first-order valence-corrected chi connectivity index (χ1v) is 13.2. The quantitative estimate of drug-likeness (QED) is 0.380. The minimum Gasteiger partial charge on any atom is -0.508 e. The number of benzene rings is 2. The van der Waals surface area contributed by atoms with Crippen LogP contribution in [0.1, 0.15) is 44.4 Å². The van der Waals surface area contributed by atoms with Gasteiger partial charge >= 0.3 is 6.09 Å². The van der Waals surface area contributed by atoms with Gasteiger partial charge in [0.1, 0.15) is 30.0 Å². The second-order valence-corrected chi connectivity index (χ2v) is 10.3. The van der Waals surface area contributed by atoms with Crippen molar-refractivity contribution in [2.75, 3.05) is 18.6 Å². The number of alkyl carbamates (subject to hydrolysis) is 1. The highest BCUT2D eigenvalue weighted by Crippen LogP contribution is 2.26. The molecule has 0 fully saturated rings. The number of carbonyl (C=O) groups excluding carboxylic acids is 3. The molecule has 3 amide bonds. The van der Waals surface area contributed by atoms with Gasteiger partial charge in [0, 0.05) is 6.54 Å². The lowest BCUT2D eigenvalue weighted by molar-refractivity contribution is -0.141. The lowest BCUT2D eigenvalue weighted by atomic mass is 10.0. The van der Waals surface area contributed by atoms with Gasteiger partial charge in [-0.2, -0.15) is 17.0 Å². The minimum absolute atomic E-state index is 0.0893. The molecule has 10 heteroatoms. The molecule has 0 bridgehead atoms. The molecule has 0 radical (unpaired) electrons. The Labute approximate surface area is 222 Å². The fourth-order valence-electron chi connectivity index (χ4n) is 3.57. The van der Waals surface area contributed by atoms with Gasteiger partial charge < -0.3 is 25.4 Å². The zero-order valence-electron chi connectivity index (χ0n) is 21.6. The number of aromatic hydroxyl groups is 1. The van der Waals surface area contributed by atoms with Crippen LogP contribution in [0.5, 0.6) is 5.75 Å². The van der Waals surface area contributed by atoms with E-state index in [1.807, 2.05) is 42.7 Å². The van der Waals surface area contributed by atoms with Gasteiger partial charge in [0.05, 0.1) is 6.07 Å². The van der Waals surface area contributed by atoms with Gasteiger partial charge in [-0.25, -0.2) is 4.79 Å². The van der Waals surface area contributed by atoms with Crippen molar-refractivity contribution in [2.45, 2.75) is 51.4 Å². The lowest BCUT2D eigenvalue weighted by Gasteiger charge is -2.33. The van der Waals surface area contributed by atoms with Crippen molar-refractivity contribution in [3.63, 3.8) is 0 Å². The summed E-state index contributed by atoms with van der Waals surface area (Å²) in [5, 5.41) is 25.1. The molecule has 198 valence electrons. The summed E-state index contributed by atoms with van der Waals surface area (Å²) in [6.07, 6.45) is 1.36. The maximum absolute atomic E-state index is 13.8. The summed E-state index contributed by atoms with van der Waals surface area (Å²) in [5.41, 5.74) is 0.411. The van der Waals surface area contributed by atoms with E-state index >= 15 is 0 Å². The lowest BCUT2D eigenvalue weighted by Crippen LogP contribution is -2.53. The van der Waals surface area contributed by atoms with Crippen LogP contribution in [0.2, 0.25) is 0 Å². The standard InChI is InChI=1S/C27H34N4O5S/c1-27(2,3)36-26(35)30-22(13-16-37-4)25(34)31(15-14-28)23(20-11-8-12-21(32)17-20)24(33)29-18-19-9-6-5-7-10-19/h5-12,17,22-23,32H,13,15-16,18H2,1-4H3,(H,29,33)(H,30,35). The number of phenols is 1. The highest BCUT2D eigenvalue weighted by atomic mass is 32.2. The van der Waals surface area contributed by atoms with Crippen molar-refractivity contribution < 1.29 is 24.2 Å². The summed E-state index contributed by atoms with van der Waals surface area (Å²) in [7, 11) is 0. The molecule has 0 spiro atoms. The minimum atomic E-state index is -1.22. The van der Waals surface area contributed by atoms with E-state index in [4.69, 9.17) is 4.74 Å². The number of ether oxygens (including phenoxy) is 1. The van der Waals surface area contributed by atoms with Crippen molar-refractivity contribution in [3.05, 3.63) is 65.7 Å². The molecule has 0 aliphatic rings. The smallest absolute Gasteiger partial charge is 0.408 e. The summed E-state index contributed by atoms with van der Waals surface area (Å²) in [5.74, 6) is -0.680. The summed E-state index contributed by atoms with van der Waals surface area (Å²) < 4.78 is 5.33. The topological polar surface area (TPSA) is 132 Å². The first-order valence-electron chi connectivity index (χ1n) is 11.8. The second kappa shape index (κ2) is 14.1. The fraction of sp³-hybridized carbons (Fsp3) is 0.407. The van der Waals surface area contributed by atoms with Gasteiger partial charge in [0.2, 0.25) is 11.8 Å². The van der Waals surface area contributed by atoms with Crippen LogP contribution in [-0.4, -0.2) is 58.1 Å². The Morgan fingerprint density at radius 3 is 2.43 bits per heavy atom. The SMILES string of the molecule is CSCCC(NC(=O)OC(C)(C)C)C(=O)N(CC#N)C(C(=O)NCc1ccccc1)c1cccc(O)c1. The molecule has 0 heterocycles. The summed E-state index contributed by atoms with van der Waals surface area (Å²) in [6, 6.07) is 14.9. The maximum Gasteiger partial charge on any atom is 0.408 e. The molecule has 2 rings (SSSR count). The molecule has 3 N–H and O–H groups in total. The molecular formula is C27H34N4O5S. The molecule has 0 aliphatic carbocycles. The highest BCUT2D eigenvalue weighted by molar-refractivity contribution is 7.98. The molecule has 37 heavy (non-hydrogen) atoms. The zero-order valence-corrected chi connectivity index (χ0v) is 22.4. The van der Waals surface area contributed by atoms with Crippen LogP contribution < -0.4 is 10.6 Å². The van der Waals surface area contributed by atoms with E-state index in [2.05, 4.69) is 10.6 Å². The Kier molecular flexibility index (Phi) is 11.3. The van der Waals surface area contributed by atoms with Crippen molar-refractivity contribution in [2.24, 2.45) is 0 Å². The Morgan fingerprint density at radius 1 is 1.14 bits per heavy atom. The molecule has 2 aromatic carbocycles. The average molecular weight is 527 g/mol. The van der Waals surface area contributed by atoms with E-state index in [-0.39, 0.29) is 18.7 Å². The molecule has 9 nitrogen and oxygen atoms in total. The number of carbonyl (C=O) groups is 3. The van der Waals surface area contributed by atoms with Crippen molar-refractivity contribution in [1.29, 1.82) is 5.26 Å². The molecule has 2 aromatic rings. The predicted molar refractivity (Wildman–Crippen MR) is 143 cm³/mol. The fourth-order valence-corrected chi connectivity index (χ4v) is 4.04. The average Bonchev–Trinajstić information content (AvgIpc) is 2.84. The van der Waals surface area contributed by atoms with Crippen molar-refractivity contribution in [3.8, 4) is 11.8 Å². The predicted octanol–water partition coefficient (Wildman–Crippen LogP) is 3.75. The Balaban J connectivity index is 2.41. The number of nitrogens with one attached hydrogen (secondary N) is 2. The van der Waals surface area contributed by atoms with Gasteiger partial charge in [0.15, 0.2) is 0 Å². The third kappa shape index (κ3) is 9.69. The Bertz CT molecular complexity index is 1100. The number of amides is 3. The Hall–Kier alpha value is -3.71. The normalized spacial score (nSPS) is 12.5. The van der Waals surface area contributed by atoms with Crippen LogP contribution in [0.4, 0.5) is 4.79 Å².